The van der Waals surface area contributed by atoms with Gasteiger partial charge in [-0.2, -0.15) is 5.26 Å². The van der Waals surface area contributed by atoms with E-state index in [-0.39, 0.29) is 11.0 Å². The lowest BCUT2D eigenvalue weighted by atomic mass is 10.1. The van der Waals surface area contributed by atoms with Crippen LogP contribution in [-0.2, 0) is 0 Å². The highest BCUT2D eigenvalue weighted by atomic mass is 16.2. The van der Waals surface area contributed by atoms with Gasteiger partial charge in [-0.05, 0) is 12.5 Å². The smallest absolute Gasteiger partial charge is 0.258 e. The molecule has 1 atom stereocenters. The molecule has 0 saturated heterocycles. The molecule has 5 heteroatoms. The lowest BCUT2D eigenvalue weighted by Crippen LogP contribution is -2.31. The van der Waals surface area contributed by atoms with Gasteiger partial charge < -0.3 is 10.3 Å². The molecule has 20 heavy (non-hydrogen) atoms. The summed E-state index contributed by atoms with van der Waals surface area (Å²) >= 11 is 0. The molecule has 1 unspecified atom stereocenters. The van der Waals surface area contributed by atoms with Crippen LogP contribution < -0.4 is 10.7 Å². The number of amides is 1. The highest BCUT2D eigenvalue weighted by molar-refractivity contribution is 5.94. The summed E-state index contributed by atoms with van der Waals surface area (Å²) in [5.41, 5.74) is 0.966. The second-order valence-corrected chi connectivity index (χ2v) is 4.34. The van der Waals surface area contributed by atoms with E-state index in [1.807, 2.05) is 12.1 Å². The third kappa shape index (κ3) is 2.93. The Morgan fingerprint density at radius 2 is 2.05 bits per heavy atom. The van der Waals surface area contributed by atoms with Crippen LogP contribution >= 0.6 is 0 Å². The van der Waals surface area contributed by atoms with E-state index in [9.17, 15) is 9.59 Å². The first-order valence-corrected chi connectivity index (χ1v) is 6.06. The zero-order valence-corrected chi connectivity index (χ0v) is 10.9. The van der Waals surface area contributed by atoms with Gasteiger partial charge in [0.1, 0.15) is 11.6 Å². The fourth-order valence-electron chi connectivity index (χ4n) is 1.80. The summed E-state index contributed by atoms with van der Waals surface area (Å²) in [7, 11) is 0. The molecular formula is C15H13N3O2. The molecule has 0 aliphatic carbocycles. The maximum Gasteiger partial charge on any atom is 0.258 e. The molecule has 1 aromatic carbocycles. The molecule has 0 saturated carbocycles. The molecule has 0 radical (unpaired) electrons. The Balaban J connectivity index is 2.23. The molecular weight excluding hydrogens is 254 g/mol. The van der Waals surface area contributed by atoms with Crippen molar-refractivity contribution >= 4 is 5.91 Å². The average molecular weight is 267 g/mol. The summed E-state index contributed by atoms with van der Waals surface area (Å²) in [6.07, 6.45) is 1.35. The van der Waals surface area contributed by atoms with Crippen LogP contribution in [0.1, 0.15) is 27.7 Å². The van der Waals surface area contributed by atoms with E-state index in [0.29, 0.717) is 11.3 Å². The van der Waals surface area contributed by atoms with E-state index in [2.05, 4.69) is 10.3 Å². The Morgan fingerprint density at radius 3 is 2.65 bits per heavy atom. The standard InChI is InChI=1S/C15H13N3O2/c1-10-7-14(19)12(9-17-10)15(20)18-13(8-16)11-5-3-2-4-6-11/h2-7,9,13H,1H3,(H,17,19)(H,18,20). The van der Waals surface area contributed by atoms with Crippen molar-refractivity contribution in [1.29, 1.82) is 5.26 Å². The van der Waals surface area contributed by atoms with Gasteiger partial charge in [0.25, 0.3) is 5.91 Å². The SMILES string of the molecule is Cc1cc(=O)c(C(=O)NC(C#N)c2ccccc2)c[nH]1. The minimum atomic E-state index is -0.788. The second-order valence-electron chi connectivity index (χ2n) is 4.34. The third-order valence-corrected chi connectivity index (χ3v) is 2.84. The number of nitrogens with one attached hydrogen (secondary N) is 2. The number of aromatic nitrogens is 1. The summed E-state index contributed by atoms with van der Waals surface area (Å²) in [5, 5.41) is 11.7. The van der Waals surface area contributed by atoms with Gasteiger partial charge >= 0.3 is 0 Å². The van der Waals surface area contributed by atoms with Crippen molar-refractivity contribution in [3.63, 3.8) is 0 Å². The van der Waals surface area contributed by atoms with E-state index >= 15 is 0 Å². The van der Waals surface area contributed by atoms with Crippen LogP contribution in [0.4, 0.5) is 0 Å². The molecule has 2 aromatic rings. The number of hydrogen-bond acceptors (Lipinski definition) is 3. The number of carbonyl (C=O) groups excluding carboxylic acids is 1. The van der Waals surface area contributed by atoms with Crippen molar-refractivity contribution in [3.8, 4) is 6.07 Å². The predicted octanol–water partition coefficient (Wildman–Crippen LogP) is 1.68. The maximum absolute atomic E-state index is 12.0. The Morgan fingerprint density at radius 1 is 1.35 bits per heavy atom. The van der Waals surface area contributed by atoms with E-state index < -0.39 is 11.9 Å². The maximum atomic E-state index is 12.0. The first-order valence-electron chi connectivity index (χ1n) is 6.06. The number of nitrogens with zero attached hydrogens (tertiary/aromatic N) is 1. The number of H-pyrrole nitrogens is 1. The molecule has 2 rings (SSSR count). The van der Waals surface area contributed by atoms with Gasteiger partial charge in [-0.25, -0.2) is 0 Å². The van der Waals surface area contributed by atoms with Gasteiger partial charge in [0.2, 0.25) is 0 Å². The number of pyridine rings is 1. The van der Waals surface area contributed by atoms with Gasteiger partial charge in [-0.15, -0.1) is 0 Å². The van der Waals surface area contributed by atoms with Crippen molar-refractivity contribution in [2.75, 3.05) is 0 Å². The van der Waals surface area contributed by atoms with Crippen molar-refractivity contribution in [2.24, 2.45) is 0 Å². The van der Waals surface area contributed by atoms with E-state index in [1.165, 1.54) is 12.3 Å². The first-order chi connectivity index (χ1) is 9.61. The highest BCUT2D eigenvalue weighted by Crippen LogP contribution is 2.11. The molecule has 0 spiro atoms. The Bertz CT molecular complexity index is 714. The van der Waals surface area contributed by atoms with E-state index in [4.69, 9.17) is 5.26 Å². The summed E-state index contributed by atoms with van der Waals surface area (Å²) in [4.78, 5) is 26.6. The van der Waals surface area contributed by atoms with E-state index in [0.717, 1.165) is 0 Å². The molecule has 1 aromatic heterocycles. The lowest BCUT2D eigenvalue weighted by molar-refractivity contribution is 0.0943. The van der Waals surface area contributed by atoms with Crippen LogP contribution in [0.15, 0.2) is 47.4 Å². The normalized spacial score (nSPS) is 11.4. The Kier molecular flexibility index (Phi) is 3.96. The lowest BCUT2D eigenvalue weighted by Gasteiger charge is -2.11. The third-order valence-electron chi connectivity index (χ3n) is 2.84. The Labute approximate surface area is 115 Å². The second kappa shape index (κ2) is 5.85. The van der Waals surface area contributed by atoms with Gasteiger partial charge in [0.15, 0.2) is 5.43 Å². The van der Waals surface area contributed by atoms with Gasteiger partial charge in [0.05, 0.1) is 6.07 Å². The molecule has 0 fully saturated rings. The topological polar surface area (TPSA) is 85.8 Å². The summed E-state index contributed by atoms with van der Waals surface area (Å²) < 4.78 is 0. The molecule has 100 valence electrons. The number of carbonyl (C=O) groups is 1. The minimum Gasteiger partial charge on any atom is -0.364 e. The van der Waals surface area contributed by atoms with Crippen molar-refractivity contribution in [2.45, 2.75) is 13.0 Å². The number of hydrogen-bond donors (Lipinski definition) is 2. The largest absolute Gasteiger partial charge is 0.364 e. The van der Waals surface area contributed by atoms with Crippen LogP contribution in [0.5, 0.6) is 0 Å². The van der Waals surface area contributed by atoms with Crippen molar-refractivity contribution < 1.29 is 4.79 Å². The first kappa shape index (κ1) is 13.6. The van der Waals surface area contributed by atoms with Gasteiger partial charge in [0, 0.05) is 18.0 Å². The number of rotatable bonds is 3. The quantitative estimate of drug-likeness (QED) is 0.887. The number of benzene rings is 1. The molecule has 1 amide bonds. The van der Waals surface area contributed by atoms with Crippen molar-refractivity contribution in [3.05, 3.63) is 69.6 Å². The fraction of sp³-hybridized carbons (Fsp3) is 0.133. The summed E-state index contributed by atoms with van der Waals surface area (Å²) in [6.45, 7) is 1.73. The van der Waals surface area contributed by atoms with Crippen molar-refractivity contribution in [1.82, 2.24) is 10.3 Å². The minimum absolute atomic E-state index is 0.00761. The van der Waals surface area contributed by atoms with Crippen LogP contribution in [0, 0.1) is 18.3 Å². The molecule has 1 heterocycles. The zero-order valence-electron chi connectivity index (χ0n) is 10.9. The average Bonchev–Trinajstić information content (AvgIpc) is 2.45. The highest BCUT2D eigenvalue weighted by Gasteiger charge is 2.16. The molecule has 0 bridgehead atoms. The number of aromatic amines is 1. The predicted molar refractivity (Wildman–Crippen MR) is 74.1 cm³/mol. The van der Waals surface area contributed by atoms with Gasteiger partial charge in [-0.1, -0.05) is 30.3 Å². The van der Waals surface area contributed by atoms with Crippen LogP contribution in [0.2, 0.25) is 0 Å². The number of nitriles is 1. The number of aryl methyl sites for hydroxylation is 1. The van der Waals surface area contributed by atoms with E-state index in [1.54, 1.807) is 31.2 Å². The molecule has 0 aliphatic rings. The molecule has 5 nitrogen and oxygen atoms in total. The van der Waals surface area contributed by atoms with Crippen LogP contribution in [0.3, 0.4) is 0 Å². The monoisotopic (exact) mass is 267 g/mol. The summed E-state index contributed by atoms with van der Waals surface area (Å²) in [5.74, 6) is -0.568. The summed E-state index contributed by atoms with van der Waals surface area (Å²) in [6, 6.07) is 11.4. The fourth-order valence-corrected chi connectivity index (χ4v) is 1.80. The molecule has 0 aliphatic heterocycles. The van der Waals surface area contributed by atoms with Gasteiger partial charge in [-0.3, -0.25) is 9.59 Å². The van der Waals surface area contributed by atoms with Crippen LogP contribution in [0.25, 0.3) is 0 Å². The van der Waals surface area contributed by atoms with Crippen LogP contribution in [-0.4, -0.2) is 10.9 Å². The Hall–Kier alpha value is -2.87. The zero-order chi connectivity index (χ0) is 14.5. The molecule has 2 N–H and O–H groups in total.